The molecule has 152 valence electrons. The average molecular weight is 418 g/mol. The third-order valence-electron chi connectivity index (χ3n) is 4.88. The zero-order valence-electron chi connectivity index (χ0n) is 15.2. The van der Waals surface area contributed by atoms with Gasteiger partial charge in [0.05, 0.1) is 27.8 Å². The summed E-state index contributed by atoms with van der Waals surface area (Å²) < 4.78 is 33.0. The third-order valence-corrected chi connectivity index (χ3v) is 6.39. The van der Waals surface area contributed by atoms with Crippen molar-refractivity contribution in [2.45, 2.75) is 23.8 Å². The fraction of sp³-hybridized carbons (Fsp3) is 0.278. The topological polar surface area (TPSA) is 145 Å². The summed E-state index contributed by atoms with van der Waals surface area (Å²) in [7, 11) is -3.84. The SMILES string of the molecule is O=C(c1ccoc1)N1CCC(NS(=O)(=O)c2ccc3[nH]c(=O)c(=O)[nH]c3c2)CC1. The summed E-state index contributed by atoms with van der Waals surface area (Å²) in [4.78, 5) is 41.6. The van der Waals surface area contributed by atoms with E-state index in [0.29, 0.717) is 37.0 Å². The summed E-state index contributed by atoms with van der Waals surface area (Å²) in [6.45, 7) is 0.840. The summed E-state index contributed by atoms with van der Waals surface area (Å²) in [5.41, 5.74) is -0.637. The van der Waals surface area contributed by atoms with Gasteiger partial charge in [-0.25, -0.2) is 13.1 Å². The predicted octanol–water partition coefficient (Wildman–Crippen LogP) is 0.392. The molecule has 0 bridgehead atoms. The number of aromatic amines is 2. The van der Waals surface area contributed by atoms with Crippen molar-refractivity contribution in [2.24, 2.45) is 0 Å². The molecule has 0 unspecified atom stereocenters. The van der Waals surface area contributed by atoms with E-state index in [1.54, 1.807) is 11.0 Å². The minimum atomic E-state index is -3.84. The molecule has 1 aromatic carbocycles. The Morgan fingerprint density at radius 3 is 2.41 bits per heavy atom. The number of furan rings is 1. The van der Waals surface area contributed by atoms with E-state index in [1.807, 2.05) is 0 Å². The van der Waals surface area contributed by atoms with Gasteiger partial charge in [0.25, 0.3) is 5.91 Å². The number of H-pyrrole nitrogens is 2. The predicted molar refractivity (Wildman–Crippen MR) is 103 cm³/mol. The molecule has 3 N–H and O–H groups in total. The Labute approximate surface area is 164 Å². The van der Waals surface area contributed by atoms with Crippen LogP contribution >= 0.6 is 0 Å². The molecule has 11 heteroatoms. The molecule has 0 aliphatic carbocycles. The monoisotopic (exact) mass is 418 g/mol. The molecule has 0 spiro atoms. The summed E-state index contributed by atoms with van der Waals surface area (Å²) in [6.07, 6.45) is 3.76. The van der Waals surface area contributed by atoms with E-state index in [0.717, 1.165) is 0 Å². The van der Waals surface area contributed by atoms with Crippen molar-refractivity contribution >= 4 is 27.0 Å². The Morgan fingerprint density at radius 1 is 1.07 bits per heavy atom. The maximum Gasteiger partial charge on any atom is 0.314 e. The summed E-state index contributed by atoms with van der Waals surface area (Å²) in [5.74, 6) is -0.146. The molecule has 29 heavy (non-hydrogen) atoms. The van der Waals surface area contributed by atoms with Crippen molar-refractivity contribution in [1.29, 1.82) is 0 Å². The number of fused-ring (bicyclic) bond motifs is 1. The highest BCUT2D eigenvalue weighted by Gasteiger charge is 2.27. The van der Waals surface area contributed by atoms with Crippen molar-refractivity contribution in [3.05, 3.63) is 63.1 Å². The van der Waals surface area contributed by atoms with E-state index in [9.17, 15) is 22.8 Å². The molecule has 3 aromatic rings. The first-order valence-electron chi connectivity index (χ1n) is 8.94. The molecule has 4 rings (SSSR count). The number of nitrogens with one attached hydrogen (secondary N) is 3. The molecule has 10 nitrogen and oxygen atoms in total. The molecular formula is C18H18N4O6S. The number of sulfonamides is 1. The van der Waals surface area contributed by atoms with E-state index in [1.165, 1.54) is 30.7 Å². The van der Waals surface area contributed by atoms with Gasteiger partial charge >= 0.3 is 11.1 Å². The lowest BCUT2D eigenvalue weighted by atomic mass is 10.1. The van der Waals surface area contributed by atoms with E-state index in [2.05, 4.69) is 14.7 Å². The van der Waals surface area contributed by atoms with Crippen molar-refractivity contribution in [1.82, 2.24) is 19.6 Å². The highest BCUT2D eigenvalue weighted by Crippen LogP contribution is 2.19. The molecule has 1 aliphatic heterocycles. The molecule has 1 fully saturated rings. The van der Waals surface area contributed by atoms with Gasteiger partial charge in [0.1, 0.15) is 6.26 Å². The van der Waals surface area contributed by atoms with Gasteiger partial charge in [-0.15, -0.1) is 0 Å². The highest BCUT2D eigenvalue weighted by molar-refractivity contribution is 7.89. The standard InChI is InChI=1S/C18H18N4O6S/c23-16-17(24)20-15-9-13(1-2-14(15)19-16)29(26,27)21-12-3-6-22(7-4-12)18(25)11-5-8-28-10-11/h1-2,5,8-10,12,21H,3-4,6-7H2,(H,19,23)(H,20,24). The van der Waals surface area contributed by atoms with Crippen LogP contribution < -0.4 is 15.8 Å². The van der Waals surface area contributed by atoms with Gasteiger partial charge in [-0.05, 0) is 37.1 Å². The van der Waals surface area contributed by atoms with Crippen molar-refractivity contribution < 1.29 is 17.6 Å². The number of carbonyl (C=O) groups is 1. The van der Waals surface area contributed by atoms with Crippen LogP contribution in [0.5, 0.6) is 0 Å². The van der Waals surface area contributed by atoms with Gasteiger partial charge in [-0.1, -0.05) is 0 Å². The van der Waals surface area contributed by atoms with E-state index < -0.39 is 21.1 Å². The third kappa shape index (κ3) is 3.87. The number of carbonyl (C=O) groups excluding carboxylic acids is 1. The lowest BCUT2D eigenvalue weighted by molar-refractivity contribution is 0.0710. The zero-order valence-corrected chi connectivity index (χ0v) is 16.0. The number of nitrogens with zero attached hydrogens (tertiary/aromatic N) is 1. The summed E-state index contributed by atoms with van der Waals surface area (Å²) in [5, 5.41) is 0. The number of piperidine rings is 1. The number of likely N-dealkylation sites (tertiary alicyclic amines) is 1. The van der Waals surface area contributed by atoms with Gasteiger partial charge in [0.15, 0.2) is 0 Å². The minimum Gasteiger partial charge on any atom is -0.472 e. The van der Waals surface area contributed by atoms with Gasteiger partial charge in [-0.2, -0.15) is 0 Å². The van der Waals surface area contributed by atoms with Gasteiger partial charge in [-0.3, -0.25) is 14.4 Å². The maximum atomic E-state index is 12.7. The van der Waals surface area contributed by atoms with Crippen molar-refractivity contribution in [3.63, 3.8) is 0 Å². The van der Waals surface area contributed by atoms with Crippen molar-refractivity contribution in [3.8, 4) is 0 Å². The Balaban J connectivity index is 1.46. The Morgan fingerprint density at radius 2 is 1.76 bits per heavy atom. The van der Waals surface area contributed by atoms with E-state index >= 15 is 0 Å². The molecule has 1 saturated heterocycles. The smallest absolute Gasteiger partial charge is 0.314 e. The highest BCUT2D eigenvalue weighted by atomic mass is 32.2. The number of aromatic nitrogens is 2. The van der Waals surface area contributed by atoms with E-state index in [-0.39, 0.29) is 22.4 Å². The fourth-order valence-electron chi connectivity index (χ4n) is 3.32. The largest absolute Gasteiger partial charge is 0.472 e. The number of hydrogen-bond acceptors (Lipinski definition) is 6. The second-order valence-electron chi connectivity index (χ2n) is 6.82. The van der Waals surface area contributed by atoms with Crippen LogP contribution in [0.25, 0.3) is 11.0 Å². The fourth-order valence-corrected chi connectivity index (χ4v) is 4.65. The van der Waals surface area contributed by atoms with Crippen LogP contribution in [0.4, 0.5) is 0 Å². The number of amides is 1. The van der Waals surface area contributed by atoms with Gasteiger partial charge in [0, 0.05) is 19.1 Å². The van der Waals surface area contributed by atoms with Crippen LogP contribution in [-0.2, 0) is 10.0 Å². The number of hydrogen-bond donors (Lipinski definition) is 3. The molecule has 0 atom stereocenters. The Kier molecular flexibility index (Phi) is 4.84. The lowest BCUT2D eigenvalue weighted by Crippen LogP contribution is -2.46. The molecule has 2 aromatic heterocycles. The summed E-state index contributed by atoms with van der Waals surface area (Å²) in [6, 6.07) is 5.35. The average Bonchev–Trinajstić information content (AvgIpc) is 3.23. The van der Waals surface area contributed by atoms with Gasteiger partial charge in [0.2, 0.25) is 10.0 Å². The Hall–Kier alpha value is -3.18. The van der Waals surface area contributed by atoms with Crippen molar-refractivity contribution in [2.75, 3.05) is 13.1 Å². The quantitative estimate of drug-likeness (QED) is 0.523. The van der Waals surface area contributed by atoms with Crippen LogP contribution in [0, 0.1) is 0 Å². The molecular weight excluding hydrogens is 400 g/mol. The second kappa shape index (κ2) is 7.33. The first kappa shape index (κ1) is 19.2. The molecule has 1 aliphatic rings. The Bertz CT molecular complexity index is 1270. The number of rotatable bonds is 4. The first-order chi connectivity index (χ1) is 13.8. The molecule has 1 amide bonds. The summed E-state index contributed by atoms with van der Waals surface area (Å²) >= 11 is 0. The number of benzene rings is 1. The molecule has 3 heterocycles. The first-order valence-corrected chi connectivity index (χ1v) is 10.4. The van der Waals surface area contributed by atoms with Crippen LogP contribution in [0.2, 0.25) is 0 Å². The minimum absolute atomic E-state index is 0.0235. The normalized spacial score (nSPS) is 15.7. The molecule has 0 radical (unpaired) electrons. The zero-order chi connectivity index (χ0) is 20.6. The second-order valence-corrected chi connectivity index (χ2v) is 8.53. The lowest BCUT2D eigenvalue weighted by Gasteiger charge is -2.32. The van der Waals surface area contributed by atoms with Crippen LogP contribution in [0.15, 0.2) is 55.7 Å². The van der Waals surface area contributed by atoms with Crippen LogP contribution in [0.1, 0.15) is 23.2 Å². The van der Waals surface area contributed by atoms with Crippen LogP contribution in [0.3, 0.4) is 0 Å². The maximum absolute atomic E-state index is 12.7. The van der Waals surface area contributed by atoms with E-state index in [4.69, 9.17) is 4.42 Å². The van der Waals surface area contributed by atoms with Gasteiger partial charge < -0.3 is 19.3 Å². The van der Waals surface area contributed by atoms with Crippen LogP contribution in [-0.4, -0.2) is 48.3 Å². The molecule has 0 saturated carbocycles.